The lowest BCUT2D eigenvalue weighted by molar-refractivity contribution is -0.112. The van der Waals surface area contributed by atoms with Crippen molar-refractivity contribution in [1.29, 1.82) is 0 Å². The number of aliphatic imine (C=N–C) groups is 1. The van der Waals surface area contributed by atoms with Gasteiger partial charge in [-0.15, -0.1) is 5.10 Å². The highest BCUT2D eigenvalue weighted by Gasteiger charge is 2.21. The minimum absolute atomic E-state index is 0.287. The van der Waals surface area contributed by atoms with Crippen LogP contribution in [0.1, 0.15) is 0 Å². The van der Waals surface area contributed by atoms with Crippen LogP contribution in [-0.4, -0.2) is 17.3 Å². The van der Waals surface area contributed by atoms with E-state index in [2.05, 4.69) is 20.4 Å². The van der Waals surface area contributed by atoms with Gasteiger partial charge >= 0.3 is 5.91 Å². The number of nitrogens with two attached hydrogens (primary N) is 1. The van der Waals surface area contributed by atoms with E-state index in [0.29, 0.717) is 5.71 Å². The number of allylic oxidation sites excluding steroid dienone is 1. The fraction of sp³-hybridized carbons (Fsp3) is 0. The summed E-state index contributed by atoms with van der Waals surface area (Å²) in [6.45, 7) is 0. The molecule has 2 aliphatic heterocycles. The van der Waals surface area contributed by atoms with Crippen LogP contribution in [0.25, 0.3) is 0 Å². The number of nitrogen functional groups attached to an aromatic ring is 1. The molecule has 0 aliphatic carbocycles. The topological polar surface area (TPSA) is 92.5 Å². The third-order valence-electron chi connectivity index (χ3n) is 1.97. The van der Waals surface area contributed by atoms with E-state index >= 15 is 0 Å². The van der Waals surface area contributed by atoms with E-state index in [1.807, 2.05) is 30.3 Å². The number of carbonyl (C=O) groups is 1. The van der Waals surface area contributed by atoms with Crippen molar-refractivity contribution >= 4 is 23.0 Å². The van der Waals surface area contributed by atoms with Gasteiger partial charge in [-0.2, -0.15) is 0 Å². The Labute approximate surface area is 97.3 Å². The molecule has 0 unspecified atom stereocenters. The van der Waals surface area contributed by atoms with Crippen LogP contribution in [0.15, 0.2) is 63.0 Å². The van der Waals surface area contributed by atoms with Gasteiger partial charge in [-0.25, -0.2) is 4.99 Å². The summed E-state index contributed by atoms with van der Waals surface area (Å²) in [7, 11) is 0. The van der Waals surface area contributed by atoms with Gasteiger partial charge in [0, 0.05) is 11.9 Å². The number of hydrogen-bond acceptors (Lipinski definition) is 5. The van der Waals surface area contributed by atoms with E-state index in [1.54, 1.807) is 6.08 Å². The van der Waals surface area contributed by atoms with E-state index in [-0.39, 0.29) is 5.71 Å². The Kier molecular flexibility index (Phi) is 3.15. The highest BCUT2D eigenvalue weighted by molar-refractivity contribution is 6.70. The van der Waals surface area contributed by atoms with Crippen molar-refractivity contribution in [3.63, 3.8) is 0 Å². The van der Waals surface area contributed by atoms with Crippen molar-refractivity contribution in [1.82, 2.24) is 0 Å². The van der Waals surface area contributed by atoms with Gasteiger partial charge in [0.2, 0.25) is 0 Å². The summed E-state index contributed by atoms with van der Waals surface area (Å²) >= 11 is 0. The van der Waals surface area contributed by atoms with Crippen molar-refractivity contribution in [3.05, 3.63) is 42.6 Å². The van der Waals surface area contributed by atoms with E-state index in [1.165, 1.54) is 6.20 Å². The Morgan fingerprint density at radius 3 is 2.47 bits per heavy atom. The van der Waals surface area contributed by atoms with Crippen LogP contribution < -0.4 is 5.73 Å². The second kappa shape index (κ2) is 4.93. The molecule has 0 saturated carbocycles. The van der Waals surface area contributed by atoms with Gasteiger partial charge in [0.1, 0.15) is 5.71 Å². The summed E-state index contributed by atoms with van der Waals surface area (Å²) < 4.78 is 0. The first-order valence-corrected chi connectivity index (χ1v) is 4.85. The van der Waals surface area contributed by atoms with Crippen LogP contribution in [-0.2, 0) is 4.79 Å². The van der Waals surface area contributed by atoms with E-state index < -0.39 is 5.91 Å². The molecule has 6 nitrogen and oxygen atoms in total. The molecule has 0 fully saturated rings. The van der Waals surface area contributed by atoms with Gasteiger partial charge in [-0.1, -0.05) is 23.3 Å². The molecule has 17 heavy (non-hydrogen) atoms. The third kappa shape index (κ3) is 2.69. The van der Waals surface area contributed by atoms with Crippen LogP contribution in [0.4, 0.5) is 5.69 Å². The summed E-state index contributed by atoms with van der Waals surface area (Å²) in [6.07, 6.45) is 3.12. The number of nitrogens with zero attached hydrogens (tertiary/aromatic N) is 4. The van der Waals surface area contributed by atoms with E-state index in [9.17, 15) is 4.79 Å². The number of amides is 1. The third-order valence-corrected chi connectivity index (χ3v) is 1.97. The first-order chi connectivity index (χ1) is 8.27. The van der Waals surface area contributed by atoms with Crippen LogP contribution in [0, 0.1) is 0 Å². The van der Waals surface area contributed by atoms with Crippen LogP contribution >= 0.6 is 0 Å². The van der Waals surface area contributed by atoms with Crippen LogP contribution in [0.2, 0.25) is 0 Å². The summed E-state index contributed by atoms with van der Waals surface area (Å²) in [5, 5.41) is 10.0. The molecular formula is C11H9N5O. The van der Waals surface area contributed by atoms with Gasteiger partial charge in [0.15, 0.2) is 5.71 Å². The zero-order valence-corrected chi connectivity index (χ0v) is 8.82. The molecule has 0 atom stereocenters. The van der Waals surface area contributed by atoms with E-state index in [0.717, 1.165) is 5.69 Å². The molecule has 0 aromatic heterocycles. The number of fused-ring (bicyclic) bond motifs is 1. The summed E-state index contributed by atoms with van der Waals surface area (Å²) in [4.78, 5) is 14.5. The van der Waals surface area contributed by atoms with Crippen LogP contribution in [0.3, 0.4) is 0 Å². The Hall–Kier alpha value is -2.63. The fourth-order valence-electron chi connectivity index (χ4n) is 1.18. The molecule has 3 rings (SSSR count). The zero-order chi connectivity index (χ0) is 12.1. The Bertz CT molecular complexity index is 536. The monoisotopic (exact) mass is 227 g/mol. The standard InChI is InChI=1S/C6H7N.C5H2N4O/c7-6-4-2-1-3-5-6;10-5-4-3(1-2-6-4)7-9-8-5/h1-5H,7H2;1-2H. The molecule has 6 heteroatoms. The Morgan fingerprint density at radius 2 is 1.88 bits per heavy atom. The highest BCUT2D eigenvalue weighted by atomic mass is 16.2. The molecular weight excluding hydrogens is 218 g/mol. The van der Waals surface area contributed by atoms with Crippen molar-refractivity contribution in [2.75, 3.05) is 5.73 Å². The normalized spacial score (nSPS) is 15.6. The predicted octanol–water partition coefficient (Wildman–Crippen LogP) is 1.57. The van der Waals surface area contributed by atoms with Gasteiger partial charge in [-0.3, -0.25) is 4.79 Å². The maximum Gasteiger partial charge on any atom is 0.317 e. The fourth-order valence-corrected chi connectivity index (χ4v) is 1.18. The molecule has 1 amide bonds. The number of hydrogen-bond donors (Lipinski definition) is 1. The number of anilines is 1. The van der Waals surface area contributed by atoms with Gasteiger partial charge in [0.25, 0.3) is 0 Å². The smallest absolute Gasteiger partial charge is 0.317 e. The zero-order valence-electron chi connectivity index (χ0n) is 8.82. The molecule has 2 N–H and O–H groups in total. The van der Waals surface area contributed by atoms with Crippen molar-refractivity contribution in [2.45, 2.75) is 0 Å². The summed E-state index contributed by atoms with van der Waals surface area (Å²) in [5.41, 5.74) is 6.97. The lowest BCUT2D eigenvalue weighted by Gasteiger charge is -1.96. The second-order valence-corrected chi connectivity index (χ2v) is 3.18. The highest BCUT2D eigenvalue weighted by Crippen LogP contribution is 2.05. The van der Waals surface area contributed by atoms with Gasteiger partial charge in [-0.05, 0) is 23.4 Å². The predicted molar refractivity (Wildman–Crippen MR) is 64.7 cm³/mol. The van der Waals surface area contributed by atoms with Crippen molar-refractivity contribution in [2.24, 2.45) is 20.4 Å². The molecule has 0 spiro atoms. The van der Waals surface area contributed by atoms with E-state index in [4.69, 9.17) is 5.73 Å². The maximum atomic E-state index is 10.8. The molecule has 2 aliphatic rings. The molecule has 84 valence electrons. The lowest BCUT2D eigenvalue weighted by atomic mass is 10.2. The Balaban J connectivity index is 0.000000136. The Morgan fingerprint density at radius 1 is 1.12 bits per heavy atom. The summed E-state index contributed by atoms with van der Waals surface area (Å²) in [5.74, 6) is -0.421. The summed E-state index contributed by atoms with van der Waals surface area (Å²) in [6, 6.07) is 9.49. The molecule has 0 bridgehead atoms. The first kappa shape index (κ1) is 10.9. The molecule has 2 heterocycles. The van der Waals surface area contributed by atoms with Crippen molar-refractivity contribution < 1.29 is 4.79 Å². The maximum absolute atomic E-state index is 10.8. The molecule has 1 aromatic carbocycles. The minimum Gasteiger partial charge on any atom is -0.399 e. The van der Waals surface area contributed by atoms with Gasteiger partial charge in [0.05, 0.1) is 0 Å². The minimum atomic E-state index is -0.421. The van der Waals surface area contributed by atoms with Gasteiger partial charge < -0.3 is 5.73 Å². The number of para-hydroxylation sites is 1. The second-order valence-electron chi connectivity index (χ2n) is 3.18. The SMILES string of the molecule is Nc1ccccc1.O=C1N=NN=C2C=CN=C12. The first-order valence-electron chi connectivity index (χ1n) is 4.85. The quantitative estimate of drug-likeness (QED) is 0.681. The number of carbonyl (C=O) groups excluding carboxylic acids is 1. The average Bonchev–Trinajstić information content (AvgIpc) is 2.80. The number of benzene rings is 1. The molecule has 0 radical (unpaired) electrons. The number of rotatable bonds is 0. The largest absolute Gasteiger partial charge is 0.399 e. The van der Waals surface area contributed by atoms with Crippen LogP contribution in [0.5, 0.6) is 0 Å². The lowest BCUT2D eigenvalue weighted by Crippen LogP contribution is -2.20. The van der Waals surface area contributed by atoms with Crippen molar-refractivity contribution in [3.8, 4) is 0 Å². The molecule has 0 saturated heterocycles. The average molecular weight is 227 g/mol. The molecule has 1 aromatic rings.